The van der Waals surface area contributed by atoms with Crippen molar-refractivity contribution in [2.45, 2.75) is 20.8 Å². The fourth-order valence-corrected chi connectivity index (χ4v) is 4.00. The zero-order valence-corrected chi connectivity index (χ0v) is 17.2. The number of nitrogens with zero attached hydrogens (tertiary/aromatic N) is 1. The lowest BCUT2D eigenvalue weighted by Gasteiger charge is -2.19. The number of aryl methyl sites for hydroxylation is 3. The fourth-order valence-electron chi connectivity index (χ4n) is 3.14. The summed E-state index contributed by atoms with van der Waals surface area (Å²) in [6.07, 6.45) is 0. The van der Waals surface area contributed by atoms with Gasteiger partial charge in [0.15, 0.2) is 0 Å². The second kappa shape index (κ2) is 8.20. The monoisotopic (exact) mass is 397 g/mol. The number of thioether (sulfide) groups is 1. The predicted molar refractivity (Wildman–Crippen MR) is 113 cm³/mol. The van der Waals surface area contributed by atoms with Crippen LogP contribution in [0.15, 0.2) is 41.3 Å². The predicted octanol–water partition coefficient (Wildman–Crippen LogP) is 3.63. The molecule has 146 valence electrons. The molecule has 0 aliphatic carbocycles. The van der Waals surface area contributed by atoms with E-state index in [1.54, 1.807) is 12.1 Å². The van der Waals surface area contributed by atoms with Crippen LogP contribution >= 0.6 is 11.8 Å². The Hall–Kier alpha value is -2.57. The molecule has 5 nitrogen and oxygen atoms in total. The number of ether oxygens (including phenoxy) is 1. The van der Waals surface area contributed by atoms with Crippen LogP contribution < -0.4 is 9.64 Å². The summed E-state index contributed by atoms with van der Waals surface area (Å²) in [6.45, 7) is 5.79. The van der Waals surface area contributed by atoms with Crippen molar-refractivity contribution in [1.82, 2.24) is 0 Å². The van der Waals surface area contributed by atoms with Gasteiger partial charge in [0.25, 0.3) is 11.8 Å². The van der Waals surface area contributed by atoms with Crippen molar-refractivity contribution in [2.75, 3.05) is 24.4 Å². The molecule has 1 aliphatic rings. The van der Waals surface area contributed by atoms with Crippen LogP contribution in [0, 0.1) is 20.8 Å². The normalized spacial score (nSPS) is 14.2. The molecule has 0 bridgehead atoms. The summed E-state index contributed by atoms with van der Waals surface area (Å²) in [5.41, 5.74) is 4.58. The van der Waals surface area contributed by atoms with Crippen molar-refractivity contribution in [3.05, 3.63) is 63.6 Å². The van der Waals surface area contributed by atoms with E-state index in [9.17, 15) is 14.7 Å². The van der Waals surface area contributed by atoms with E-state index in [1.165, 1.54) is 23.8 Å². The molecular weight excluding hydrogens is 374 g/mol. The molecule has 28 heavy (non-hydrogen) atoms. The molecule has 0 atom stereocenters. The maximum atomic E-state index is 13.4. The van der Waals surface area contributed by atoms with Crippen molar-refractivity contribution in [2.24, 2.45) is 0 Å². The standard InChI is InChI=1S/C22H23NO4S/c1-13-5-8-18(27-4)17(11-13)23-21(25)19(20(22(23)26)28-10-9-24)16-7-6-14(2)15(3)12-16/h5-8,11-12,24H,9-10H2,1-4H3. The molecule has 2 aromatic rings. The molecule has 1 aliphatic heterocycles. The Labute approximate surface area is 169 Å². The summed E-state index contributed by atoms with van der Waals surface area (Å²) in [5, 5.41) is 9.24. The smallest absolute Gasteiger partial charge is 0.272 e. The largest absolute Gasteiger partial charge is 0.495 e. The zero-order chi connectivity index (χ0) is 20.4. The third kappa shape index (κ3) is 3.57. The number of aliphatic hydroxyl groups excluding tert-OH is 1. The summed E-state index contributed by atoms with van der Waals surface area (Å²) < 4.78 is 5.39. The Bertz CT molecular complexity index is 980. The Kier molecular flexibility index (Phi) is 5.91. The number of amides is 2. The highest BCUT2D eigenvalue weighted by Gasteiger charge is 2.41. The third-order valence-electron chi connectivity index (χ3n) is 4.75. The van der Waals surface area contributed by atoms with Gasteiger partial charge < -0.3 is 9.84 Å². The third-order valence-corrected chi connectivity index (χ3v) is 5.80. The minimum Gasteiger partial charge on any atom is -0.495 e. The van der Waals surface area contributed by atoms with Gasteiger partial charge in [-0.05, 0) is 55.2 Å². The highest BCUT2D eigenvalue weighted by atomic mass is 32.2. The number of rotatable bonds is 6. The van der Waals surface area contributed by atoms with E-state index in [0.29, 0.717) is 33.2 Å². The van der Waals surface area contributed by atoms with E-state index >= 15 is 0 Å². The average Bonchev–Trinajstić information content (AvgIpc) is 2.92. The number of carbonyl (C=O) groups is 2. The first-order chi connectivity index (χ1) is 13.4. The van der Waals surface area contributed by atoms with Gasteiger partial charge in [-0.2, -0.15) is 0 Å². The highest BCUT2D eigenvalue weighted by Crippen LogP contribution is 2.41. The molecule has 0 aromatic heterocycles. The molecule has 0 fully saturated rings. The number of carbonyl (C=O) groups excluding carboxylic acids is 2. The molecule has 3 rings (SSSR count). The number of anilines is 1. The maximum absolute atomic E-state index is 13.4. The second-order valence-corrected chi connectivity index (χ2v) is 7.80. The summed E-state index contributed by atoms with van der Waals surface area (Å²) in [5.74, 6) is 0.0277. The van der Waals surface area contributed by atoms with Crippen LogP contribution in [0.5, 0.6) is 5.75 Å². The average molecular weight is 397 g/mol. The number of hydrogen-bond donors (Lipinski definition) is 1. The number of aliphatic hydroxyl groups is 1. The molecular formula is C22H23NO4S. The molecule has 1 heterocycles. The lowest BCUT2D eigenvalue weighted by Crippen LogP contribution is -2.31. The van der Waals surface area contributed by atoms with E-state index < -0.39 is 0 Å². The molecule has 0 unspecified atom stereocenters. The Balaban J connectivity index is 2.15. The lowest BCUT2D eigenvalue weighted by atomic mass is 10.0. The molecule has 0 saturated carbocycles. The van der Waals surface area contributed by atoms with Crippen LogP contribution in [0.25, 0.3) is 5.57 Å². The summed E-state index contributed by atoms with van der Waals surface area (Å²) >= 11 is 1.20. The number of imide groups is 1. The van der Waals surface area contributed by atoms with E-state index in [1.807, 2.05) is 45.0 Å². The Morgan fingerprint density at radius 3 is 2.39 bits per heavy atom. The highest BCUT2D eigenvalue weighted by molar-refractivity contribution is 8.04. The molecule has 2 amide bonds. The van der Waals surface area contributed by atoms with Crippen molar-refractivity contribution in [1.29, 1.82) is 0 Å². The molecule has 0 saturated heterocycles. The molecule has 2 aromatic carbocycles. The fraction of sp³-hybridized carbons (Fsp3) is 0.273. The Morgan fingerprint density at radius 2 is 1.75 bits per heavy atom. The van der Waals surface area contributed by atoms with Crippen molar-refractivity contribution in [3.8, 4) is 5.75 Å². The van der Waals surface area contributed by atoms with Crippen LogP contribution in [-0.4, -0.2) is 36.4 Å². The summed E-state index contributed by atoms with van der Waals surface area (Å²) in [7, 11) is 1.51. The van der Waals surface area contributed by atoms with Gasteiger partial charge in [-0.1, -0.05) is 24.3 Å². The second-order valence-electron chi connectivity index (χ2n) is 6.70. The topological polar surface area (TPSA) is 66.8 Å². The van der Waals surface area contributed by atoms with Crippen LogP contribution in [0.1, 0.15) is 22.3 Å². The van der Waals surface area contributed by atoms with E-state index in [-0.39, 0.29) is 18.4 Å². The number of hydrogen-bond acceptors (Lipinski definition) is 5. The molecule has 6 heteroatoms. The molecule has 1 N–H and O–H groups in total. The van der Waals surface area contributed by atoms with Gasteiger partial charge in [0, 0.05) is 5.75 Å². The van der Waals surface area contributed by atoms with Crippen molar-refractivity contribution < 1.29 is 19.4 Å². The van der Waals surface area contributed by atoms with Gasteiger partial charge in [-0.15, -0.1) is 11.8 Å². The molecule has 0 spiro atoms. The van der Waals surface area contributed by atoms with Gasteiger partial charge in [-0.25, -0.2) is 4.90 Å². The van der Waals surface area contributed by atoms with E-state index in [0.717, 1.165) is 16.7 Å². The van der Waals surface area contributed by atoms with E-state index in [2.05, 4.69) is 0 Å². The Morgan fingerprint density at radius 1 is 1.00 bits per heavy atom. The minimum absolute atomic E-state index is 0.0798. The lowest BCUT2D eigenvalue weighted by molar-refractivity contribution is -0.119. The first-order valence-corrected chi connectivity index (χ1v) is 9.96. The summed E-state index contributed by atoms with van der Waals surface area (Å²) in [4.78, 5) is 28.1. The van der Waals surface area contributed by atoms with Gasteiger partial charge >= 0.3 is 0 Å². The van der Waals surface area contributed by atoms with Gasteiger partial charge in [0.2, 0.25) is 0 Å². The summed E-state index contributed by atoms with van der Waals surface area (Å²) in [6, 6.07) is 11.1. The van der Waals surface area contributed by atoms with Gasteiger partial charge in [-0.3, -0.25) is 9.59 Å². The van der Waals surface area contributed by atoms with Crippen LogP contribution in [-0.2, 0) is 9.59 Å². The molecule has 0 radical (unpaired) electrons. The number of methoxy groups -OCH3 is 1. The van der Waals surface area contributed by atoms with Gasteiger partial charge in [0.05, 0.1) is 29.9 Å². The van der Waals surface area contributed by atoms with Gasteiger partial charge in [0.1, 0.15) is 5.75 Å². The quantitative estimate of drug-likeness (QED) is 0.754. The maximum Gasteiger partial charge on any atom is 0.272 e. The van der Waals surface area contributed by atoms with Crippen molar-refractivity contribution >= 4 is 34.8 Å². The number of benzene rings is 2. The van der Waals surface area contributed by atoms with E-state index in [4.69, 9.17) is 4.74 Å². The SMILES string of the molecule is COc1ccc(C)cc1N1C(=O)C(SCCO)=C(c2ccc(C)c(C)c2)C1=O. The van der Waals surface area contributed by atoms with Crippen LogP contribution in [0.4, 0.5) is 5.69 Å². The minimum atomic E-state index is -0.388. The first kappa shape index (κ1) is 20.2. The van der Waals surface area contributed by atoms with Crippen molar-refractivity contribution in [3.63, 3.8) is 0 Å². The first-order valence-electron chi connectivity index (χ1n) is 8.98. The zero-order valence-electron chi connectivity index (χ0n) is 16.4. The van der Waals surface area contributed by atoms with Crippen LogP contribution in [0.2, 0.25) is 0 Å². The van der Waals surface area contributed by atoms with Crippen LogP contribution in [0.3, 0.4) is 0 Å².